The van der Waals surface area contributed by atoms with Crippen LogP contribution in [0.25, 0.3) is 0 Å². The third-order valence-corrected chi connectivity index (χ3v) is 5.19. The van der Waals surface area contributed by atoms with E-state index in [0.29, 0.717) is 42.6 Å². The zero-order valence-electron chi connectivity index (χ0n) is 16.1. The summed E-state index contributed by atoms with van der Waals surface area (Å²) in [7, 11) is 1.57. The van der Waals surface area contributed by atoms with Gasteiger partial charge in [0.1, 0.15) is 12.4 Å². The number of hydrogen-bond donors (Lipinski definition) is 1. The second-order valence-corrected chi connectivity index (χ2v) is 7.34. The van der Waals surface area contributed by atoms with Gasteiger partial charge >= 0.3 is 0 Å². The van der Waals surface area contributed by atoms with Crippen molar-refractivity contribution < 1.29 is 18.7 Å². The Morgan fingerprint density at radius 3 is 2.52 bits per heavy atom. The van der Waals surface area contributed by atoms with Crippen LogP contribution in [-0.4, -0.2) is 31.0 Å². The molecule has 0 bridgehead atoms. The van der Waals surface area contributed by atoms with Crippen molar-refractivity contribution in [3.8, 4) is 11.5 Å². The van der Waals surface area contributed by atoms with Crippen LogP contribution in [0.3, 0.4) is 0 Å². The number of thiophene rings is 1. The second-order valence-electron chi connectivity index (χ2n) is 6.39. The van der Waals surface area contributed by atoms with Crippen molar-refractivity contribution >= 4 is 17.2 Å². The number of halogens is 1. The average molecular weight is 415 g/mol. The predicted molar refractivity (Wildman–Crippen MR) is 112 cm³/mol. The summed E-state index contributed by atoms with van der Waals surface area (Å²) in [5.41, 5.74) is 7.47. The third-order valence-electron chi connectivity index (χ3n) is 4.33. The Morgan fingerprint density at radius 1 is 1.10 bits per heavy atom. The zero-order chi connectivity index (χ0) is 20.6. The van der Waals surface area contributed by atoms with Gasteiger partial charge in [0.25, 0.3) is 5.91 Å². The normalized spacial score (nSPS) is 10.6. The average Bonchev–Trinajstić information content (AvgIpc) is 3.28. The highest BCUT2D eigenvalue weighted by Gasteiger charge is 2.17. The van der Waals surface area contributed by atoms with E-state index in [-0.39, 0.29) is 11.7 Å². The second kappa shape index (κ2) is 10.0. The molecule has 1 aromatic heterocycles. The molecule has 1 heterocycles. The molecule has 1 amide bonds. The van der Waals surface area contributed by atoms with E-state index < -0.39 is 0 Å². The fourth-order valence-electron chi connectivity index (χ4n) is 2.86. The number of nitrogens with zero attached hydrogens (tertiary/aromatic N) is 1. The standard InChI is InChI=1S/C22H23FN2O3S/c1-27-20-13-17(14-25(11-10-24)22(26)21-3-2-12-29-21)6-9-19(20)28-15-16-4-7-18(23)8-5-16/h2-9,12-13H,10-11,14-15,24H2,1H3. The number of carbonyl (C=O) groups is 1. The van der Waals surface area contributed by atoms with Gasteiger partial charge in [-0.25, -0.2) is 4.39 Å². The minimum atomic E-state index is -0.283. The molecule has 0 saturated carbocycles. The lowest BCUT2D eigenvalue weighted by Crippen LogP contribution is -2.34. The lowest BCUT2D eigenvalue weighted by Gasteiger charge is -2.22. The fraction of sp³-hybridized carbons (Fsp3) is 0.227. The van der Waals surface area contributed by atoms with Gasteiger partial charge in [-0.05, 0) is 46.8 Å². The molecule has 0 saturated heterocycles. The number of rotatable bonds is 9. The van der Waals surface area contributed by atoms with Gasteiger partial charge in [-0.3, -0.25) is 4.79 Å². The maximum atomic E-state index is 13.0. The van der Waals surface area contributed by atoms with E-state index in [0.717, 1.165) is 11.1 Å². The minimum Gasteiger partial charge on any atom is -0.493 e. The molecule has 7 heteroatoms. The van der Waals surface area contributed by atoms with Crippen LogP contribution in [0.15, 0.2) is 60.0 Å². The van der Waals surface area contributed by atoms with Crippen LogP contribution in [0.2, 0.25) is 0 Å². The van der Waals surface area contributed by atoms with Gasteiger partial charge in [-0.2, -0.15) is 0 Å². The molecule has 0 aliphatic rings. The van der Waals surface area contributed by atoms with Gasteiger partial charge in [0, 0.05) is 19.6 Å². The van der Waals surface area contributed by atoms with Crippen LogP contribution in [0, 0.1) is 5.82 Å². The van der Waals surface area contributed by atoms with Crippen LogP contribution >= 0.6 is 11.3 Å². The largest absolute Gasteiger partial charge is 0.493 e. The number of methoxy groups -OCH3 is 1. The van der Waals surface area contributed by atoms with Crippen LogP contribution in [0.5, 0.6) is 11.5 Å². The first-order valence-electron chi connectivity index (χ1n) is 9.17. The summed E-state index contributed by atoms with van der Waals surface area (Å²) >= 11 is 1.41. The highest BCUT2D eigenvalue weighted by atomic mass is 32.1. The summed E-state index contributed by atoms with van der Waals surface area (Å²) in [4.78, 5) is 15.1. The highest BCUT2D eigenvalue weighted by molar-refractivity contribution is 7.12. The molecule has 152 valence electrons. The van der Waals surface area contributed by atoms with E-state index >= 15 is 0 Å². The molecule has 0 unspecified atom stereocenters. The molecule has 0 aliphatic heterocycles. The number of benzene rings is 2. The van der Waals surface area contributed by atoms with Gasteiger partial charge in [-0.15, -0.1) is 11.3 Å². The summed E-state index contributed by atoms with van der Waals surface area (Å²) < 4.78 is 24.3. The van der Waals surface area contributed by atoms with Crippen LogP contribution in [-0.2, 0) is 13.2 Å². The van der Waals surface area contributed by atoms with Crippen molar-refractivity contribution in [3.05, 3.63) is 81.8 Å². The molecular weight excluding hydrogens is 391 g/mol. The minimum absolute atomic E-state index is 0.0407. The molecule has 0 atom stereocenters. The molecule has 0 spiro atoms. The Morgan fingerprint density at radius 2 is 1.86 bits per heavy atom. The predicted octanol–water partition coefficient (Wildman–Crippen LogP) is 4.08. The number of ether oxygens (including phenoxy) is 2. The van der Waals surface area contributed by atoms with E-state index in [4.69, 9.17) is 15.2 Å². The summed E-state index contributed by atoms with van der Waals surface area (Å²) in [5.74, 6) is 0.826. The maximum Gasteiger partial charge on any atom is 0.264 e. The molecule has 0 aliphatic carbocycles. The smallest absolute Gasteiger partial charge is 0.264 e. The number of amides is 1. The molecule has 3 rings (SSSR count). The van der Waals surface area contributed by atoms with Crippen molar-refractivity contribution in [1.82, 2.24) is 4.90 Å². The zero-order valence-corrected chi connectivity index (χ0v) is 17.0. The first-order valence-corrected chi connectivity index (χ1v) is 10.1. The summed E-state index contributed by atoms with van der Waals surface area (Å²) in [5, 5.41) is 1.88. The van der Waals surface area contributed by atoms with E-state index in [2.05, 4.69) is 0 Å². The molecule has 2 N–H and O–H groups in total. The number of carbonyl (C=O) groups excluding carboxylic acids is 1. The Labute approximate surface area is 173 Å². The number of nitrogens with two attached hydrogens (primary N) is 1. The van der Waals surface area contributed by atoms with Crippen molar-refractivity contribution in [3.63, 3.8) is 0 Å². The van der Waals surface area contributed by atoms with E-state index in [1.807, 2.05) is 35.7 Å². The van der Waals surface area contributed by atoms with Crippen molar-refractivity contribution in [2.45, 2.75) is 13.2 Å². The van der Waals surface area contributed by atoms with Crippen LogP contribution in [0.1, 0.15) is 20.8 Å². The third kappa shape index (κ3) is 5.56. The molecule has 5 nitrogen and oxygen atoms in total. The number of hydrogen-bond acceptors (Lipinski definition) is 5. The summed E-state index contributed by atoms with van der Waals surface area (Å²) in [6.45, 7) is 1.56. The molecular formula is C22H23FN2O3S. The Balaban J connectivity index is 1.71. The SMILES string of the molecule is COc1cc(CN(CCN)C(=O)c2cccs2)ccc1OCc1ccc(F)cc1. The van der Waals surface area contributed by atoms with Crippen molar-refractivity contribution in [2.24, 2.45) is 5.73 Å². The molecule has 0 radical (unpaired) electrons. The maximum absolute atomic E-state index is 13.0. The Bertz CT molecular complexity index is 930. The lowest BCUT2D eigenvalue weighted by atomic mass is 10.1. The summed E-state index contributed by atoms with van der Waals surface area (Å²) in [6, 6.07) is 15.4. The molecule has 0 fully saturated rings. The lowest BCUT2D eigenvalue weighted by molar-refractivity contribution is 0.0753. The van der Waals surface area contributed by atoms with Crippen LogP contribution in [0.4, 0.5) is 4.39 Å². The Kier molecular flexibility index (Phi) is 7.21. The van der Waals surface area contributed by atoms with Crippen molar-refractivity contribution in [1.29, 1.82) is 0 Å². The summed E-state index contributed by atoms with van der Waals surface area (Å²) in [6.07, 6.45) is 0. The van der Waals surface area contributed by atoms with Crippen LogP contribution < -0.4 is 15.2 Å². The first kappa shape index (κ1) is 20.8. The van der Waals surface area contributed by atoms with Gasteiger partial charge in [0.2, 0.25) is 0 Å². The fourth-order valence-corrected chi connectivity index (χ4v) is 3.55. The molecule has 29 heavy (non-hydrogen) atoms. The topological polar surface area (TPSA) is 64.8 Å². The Hall–Kier alpha value is -2.90. The van der Waals surface area contributed by atoms with Gasteiger partial charge in [0.15, 0.2) is 11.5 Å². The monoisotopic (exact) mass is 414 g/mol. The van der Waals surface area contributed by atoms with Gasteiger partial charge in [0.05, 0.1) is 12.0 Å². The van der Waals surface area contributed by atoms with Gasteiger partial charge in [-0.1, -0.05) is 24.3 Å². The first-order chi connectivity index (χ1) is 14.1. The highest BCUT2D eigenvalue weighted by Crippen LogP contribution is 2.29. The van der Waals surface area contributed by atoms with E-state index in [1.165, 1.54) is 23.5 Å². The van der Waals surface area contributed by atoms with Crippen molar-refractivity contribution in [2.75, 3.05) is 20.2 Å². The van der Waals surface area contributed by atoms with E-state index in [9.17, 15) is 9.18 Å². The molecule has 3 aromatic rings. The molecule has 2 aromatic carbocycles. The quantitative estimate of drug-likeness (QED) is 0.573. The van der Waals surface area contributed by atoms with Gasteiger partial charge < -0.3 is 20.1 Å². The van der Waals surface area contributed by atoms with E-state index in [1.54, 1.807) is 24.1 Å².